The van der Waals surface area contributed by atoms with E-state index < -0.39 is 0 Å². The topological polar surface area (TPSA) is 20.2 Å². The summed E-state index contributed by atoms with van der Waals surface area (Å²) in [6.07, 6.45) is 7.17. The zero-order valence-corrected chi connectivity index (χ0v) is 13.3. The standard InChI is InChI=1S/C18H21BrO/c19-17-11-10-16(14-8-4-5-9-15(14)17)18(20)12-13-6-2-1-3-7-13/h4-5,8-11,13,18,20H,1-3,6-7,12H2. The molecule has 2 aromatic carbocycles. The lowest BCUT2D eigenvalue weighted by atomic mass is 9.83. The lowest BCUT2D eigenvalue weighted by Gasteiger charge is -2.24. The smallest absolute Gasteiger partial charge is 0.0798 e. The Labute approximate surface area is 129 Å². The molecule has 1 saturated carbocycles. The molecule has 20 heavy (non-hydrogen) atoms. The molecule has 0 amide bonds. The highest BCUT2D eigenvalue weighted by molar-refractivity contribution is 9.10. The molecule has 0 bridgehead atoms. The van der Waals surface area contributed by atoms with Crippen LogP contribution in [0, 0.1) is 5.92 Å². The van der Waals surface area contributed by atoms with Gasteiger partial charge in [-0.2, -0.15) is 0 Å². The molecular weight excluding hydrogens is 312 g/mol. The van der Waals surface area contributed by atoms with Gasteiger partial charge in [0.05, 0.1) is 6.10 Å². The number of halogens is 1. The van der Waals surface area contributed by atoms with Crippen molar-refractivity contribution in [1.29, 1.82) is 0 Å². The molecule has 1 unspecified atom stereocenters. The van der Waals surface area contributed by atoms with Crippen LogP contribution in [0.1, 0.15) is 50.2 Å². The SMILES string of the molecule is OC(CC1CCCCC1)c1ccc(Br)c2ccccc12. The van der Waals surface area contributed by atoms with E-state index in [4.69, 9.17) is 0 Å². The van der Waals surface area contributed by atoms with Gasteiger partial charge in [0.15, 0.2) is 0 Å². The quantitative estimate of drug-likeness (QED) is 0.774. The van der Waals surface area contributed by atoms with E-state index in [-0.39, 0.29) is 6.10 Å². The first-order chi connectivity index (χ1) is 9.75. The van der Waals surface area contributed by atoms with Crippen molar-refractivity contribution < 1.29 is 5.11 Å². The summed E-state index contributed by atoms with van der Waals surface area (Å²) >= 11 is 3.60. The zero-order valence-electron chi connectivity index (χ0n) is 11.7. The molecule has 106 valence electrons. The second-order valence-electron chi connectivity index (χ2n) is 5.94. The van der Waals surface area contributed by atoms with Crippen molar-refractivity contribution in [3.05, 3.63) is 46.4 Å². The van der Waals surface area contributed by atoms with Crippen molar-refractivity contribution in [2.45, 2.75) is 44.6 Å². The normalized spacial score (nSPS) is 18.3. The zero-order chi connectivity index (χ0) is 13.9. The minimum Gasteiger partial charge on any atom is -0.388 e. The van der Waals surface area contributed by atoms with Crippen LogP contribution in [-0.4, -0.2) is 5.11 Å². The maximum absolute atomic E-state index is 10.6. The summed E-state index contributed by atoms with van der Waals surface area (Å²) in [5.74, 6) is 0.696. The van der Waals surface area contributed by atoms with Gasteiger partial charge in [-0.3, -0.25) is 0 Å². The molecule has 0 aliphatic heterocycles. The van der Waals surface area contributed by atoms with Gasteiger partial charge in [-0.05, 0) is 34.7 Å². The van der Waals surface area contributed by atoms with Crippen LogP contribution in [0.4, 0.5) is 0 Å². The van der Waals surface area contributed by atoms with E-state index in [1.807, 2.05) is 12.1 Å². The van der Waals surface area contributed by atoms with Gasteiger partial charge in [0, 0.05) is 4.47 Å². The van der Waals surface area contributed by atoms with Gasteiger partial charge in [0.25, 0.3) is 0 Å². The van der Waals surface area contributed by atoms with Gasteiger partial charge < -0.3 is 5.11 Å². The van der Waals surface area contributed by atoms with Gasteiger partial charge in [-0.25, -0.2) is 0 Å². The third-order valence-electron chi connectivity index (χ3n) is 4.54. The van der Waals surface area contributed by atoms with Crippen LogP contribution in [-0.2, 0) is 0 Å². The number of aliphatic hydroxyl groups is 1. The molecule has 0 radical (unpaired) electrons. The molecule has 1 atom stereocenters. The Morgan fingerprint density at radius 3 is 2.45 bits per heavy atom. The van der Waals surface area contributed by atoms with Gasteiger partial charge in [-0.1, -0.05) is 78.4 Å². The van der Waals surface area contributed by atoms with E-state index in [1.54, 1.807) is 0 Å². The first-order valence-electron chi connectivity index (χ1n) is 7.61. The number of hydrogen-bond acceptors (Lipinski definition) is 1. The van der Waals surface area contributed by atoms with Crippen molar-refractivity contribution in [3.8, 4) is 0 Å². The summed E-state index contributed by atoms with van der Waals surface area (Å²) < 4.78 is 1.10. The minimum atomic E-state index is -0.337. The number of benzene rings is 2. The third-order valence-corrected chi connectivity index (χ3v) is 5.24. The van der Waals surface area contributed by atoms with Crippen molar-refractivity contribution in [2.75, 3.05) is 0 Å². The molecule has 1 aliphatic rings. The Morgan fingerprint density at radius 2 is 1.70 bits per heavy atom. The molecule has 0 heterocycles. The summed E-state index contributed by atoms with van der Waals surface area (Å²) in [7, 11) is 0. The summed E-state index contributed by atoms with van der Waals surface area (Å²) in [5.41, 5.74) is 1.08. The second-order valence-corrected chi connectivity index (χ2v) is 6.79. The maximum atomic E-state index is 10.6. The number of hydrogen-bond donors (Lipinski definition) is 1. The van der Waals surface area contributed by atoms with Crippen molar-refractivity contribution in [3.63, 3.8) is 0 Å². The minimum absolute atomic E-state index is 0.337. The van der Waals surface area contributed by atoms with Gasteiger partial charge in [0.1, 0.15) is 0 Å². The molecule has 3 rings (SSSR count). The average molecular weight is 333 g/mol. The van der Waals surface area contributed by atoms with Crippen LogP contribution in [0.15, 0.2) is 40.9 Å². The van der Waals surface area contributed by atoms with Crippen molar-refractivity contribution >= 4 is 26.7 Å². The first-order valence-corrected chi connectivity index (χ1v) is 8.40. The summed E-state index contributed by atoms with van der Waals surface area (Å²) in [6.45, 7) is 0. The fraction of sp³-hybridized carbons (Fsp3) is 0.444. The Morgan fingerprint density at radius 1 is 1.00 bits per heavy atom. The predicted octanol–water partition coefficient (Wildman–Crippen LogP) is 5.61. The molecule has 1 aliphatic carbocycles. The fourth-order valence-electron chi connectivity index (χ4n) is 3.44. The Balaban J connectivity index is 1.87. The van der Waals surface area contributed by atoms with E-state index in [0.717, 1.165) is 16.5 Å². The Hall–Kier alpha value is -0.860. The van der Waals surface area contributed by atoms with E-state index in [9.17, 15) is 5.11 Å². The molecule has 2 aromatic rings. The van der Waals surface area contributed by atoms with Gasteiger partial charge >= 0.3 is 0 Å². The molecular formula is C18H21BrO. The molecule has 0 aromatic heterocycles. The maximum Gasteiger partial charge on any atom is 0.0798 e. The van der Waals surface area contributed by atoms with Gasteiger partial charge in [-0.15, -0.1) is 0 Å². The number of fused-ring (bicyclic) bond motifs is 1. The lowest BCUT2D eigenvalue weighted by Crippen LogP contribution is -2.11. The molecule has 0 spiro atoms. The van der Waals surface area contributed by atoms with Crippen molar-refractivity contribution in [1.82, 2.24) is 0 Å². The third kappa shape index (κ3) is 2.91. The second kappa shape index (κ2) is 6.28. The van der Waals surface area contributed by atoms with Crippen LogP contribution in [0.5, 0.6) is 0 Å². The predicted molar refractivity (Wildman–Crippen MR) is 87.8 cm³/mol. The van der Waals surface area contributed by atoms with Crippen molar-refractivity contribution in [2.24, 2.45) is 5.92 Å². The molecule has 1 nitrogen and oxygen atoms in total. The van der Waals surface area contributed by atoms with Crippen LogP contribution in [0.3, 0.4) is 0 Å². The Kier molecular flexibility index (Phi) is 4.42. The monoisotopic (exact) mass is 332 g/mol. The van der Waals surface area contributed by atoms with Crippen LogP contribution in [0.25, 0.3) is 10.8 Å². The highest BCUT2D eigenvalue weighted by Crippen LogP contribution is 2.36. The largest absolute Gasteiger partial charge is 0.388 e. The average Bonchev–Trinajstić information content (AvgIpc) is 2.49. The fourth-order valence-corrected chi connectivity index (χ4v) is 3.92. The van der Waals surface area contributed by atoms with E-state index >= 15 is 0 Å². The summed E-state index contributed by atoms with van der Waals surface area (Å²) in [4.78, 5) is 0. The highest BCUT2D eigenvalue weighted by atomic mass is 79.9. The number of rotatable bonds is 3. The van der Waals surface area contributed by atoms with Crippen LogP contribution in [0.2, 0.25) is 0 Å². The first kappa shape index (κ1) is 14.1. The van der Waals surface area contributed by atoms with E-state index in [2.05, 4.69) is 40.2 Å². The van der Waals surface area contributed by atoms with E-state index in [1.165, 1.54) is 42.9 Å². The molecule has 0 saturated heterocycles. The summed E-state index contributed by atoms with van der Waals surface area (Å²) in [5, 5.41) is 13.0. The molecule has 1 N–H and O–H groups in total. The number of aliphatic hydroxyl groups excluding tert-OH is 1. The lowest BCUT2D eigenvalue weighted by molar-refractivity contribution is 0.132. The Bertz CT molecular complexity index is 587. The van der Waals surface area contributed by atoms with Gasteiger partial charge in [0.2, 0.25) is 0 Å². The van der Waals surface area contributed by atoms with Crippen LogP contribution < -0.4 is 0 Å². The molecule has 2 heteroatoms. The van der Waals surface area contributed by atoms with E-state index in [0.29, 0.717) is 5.92 Å². The highest BCUT2D eigenvalue weighted by Gasteiger charge is 2.20. The van der Waals surface area contributed by atoms with Crippen LogP contribution >= 0.6 is 15.9 Å². The molecule has 1 fully saturated rings. The summed E-state index contributed by atoms with van der Waals surface area (Å²) in [6, 6.07) is 12.4.